The predicted molar refractivity (Wildman–Crippen MR) is 76.8 cm³/mol. The van der Waals surface area contributed by atoms with Crippen LogP contribution in [0, 0.1) is 6.92 Å². The van der Waals surface area contributed by atoms with Crippen LogP contribution in [0.2, 0.25) is 0 Å². The van der Waals surface area contributed by atoms with E-state index >= 15 is 0 Å². The van der Waals surface area contributed by atoms with E-state index in [1.807, 2.05) is 6.92 Å². The fourth-order valence-corrected chi connectivity index (χ4v) is 3.24. The van der Waals surface area contributed by atoms with Gasteiger partial charge in [-0.2, -0.15) is 0 Å². The quantitative estimate of drug-likeness (QED) is 0.763. The highest BCUT2D eigenvalue weighted by molar-refractivity contribution is 5.77. The maximum atomic E-state index is 12.0. The van der Waals surface area contributed by atoms with Gasteiger partial charge in [-0.25, -0.2) is 4.98 Å². The summed E-state index contributed by atoms with van der Waals surface area (Å²) < 4.78 is 10.5. The molecule has 1 aromatic rings. The minimum absolute atomic E-state index is 0.00305. The van der Waals surface area contributed by atoms with Crippen LogP contribution in [0.1, 0.15) is 31.4 Å². The summed E-state index contributed by atoms with van der Waals surface area (Å²) >= 11 is 0. The summed E-state index contributed by atoms with van der Waals surface area (Å²) in [5.74, 6) is 1.14. The Morgan fingerprint density at radius 2 is 2.32 bits per heavy atom. The third-order valence-corrected chi connectivity index (χ3v) is 4.36. The molecule has 3 heterocycles. The van der Waals surface area contributed by atoms with Crippen molar-refractivity contribution in [2.75, 3.05) is 19.7 Å². The summed E-state index contributed by atoms with van der Waals surface area (Å²) in [4.78, 5) is 31.8. The molecule has 0 unspecified atom stereocenters. The van der Waals surface area contributed by atoms with Crippen molar-refractivity contribution in [1.29, 1.82) is 0 Å². The van der Waals surface area contributed by atoms with Gasteiger partial charge in [0.1, 0.15) is 11.8 Å². The lowest BCUT2D eigenvalue weighted by molar-refractivity contribution is -0.142. The number of ether oxygens (including phenoxy) is 1. The van der Waals surface area contributed by atoms with Crippen molar-refractivity contribution in [2.45, 2.75) is 45.3 Å². The van der Waals surface area contributed by atoms with Gasteiger partial charge in [-0.1, -0.05) is 0 Å². The molecule has 7 heteroatoms. The Balaban J connectivity index is 1.65. The minimum Gasteiger partial charge on any atom is -0.464 e. The van der Waals surface area contributed by atoms with Gasteiger partial charge in [0, 0.05) is 32.5 Å². The lowest BCUT2D eigenvalue weighted by Crippen LogP contribution is -2.43. The molecular formula is C15H21N3O4. The standard InChI is InChI=1S/C15H21N3O4/c1-10-7-16-14(22-10)9-18(11(2)19)12-3-5-17(8-12)13-4-6-21-15(13)20/h7,12-13H,3-6,8-9H2,1-2H3/t12-,13+/m0/s1. The first-order valence-corrected chi connectivity index (χ1v) is 7.64. The summed E-state index contributed by atoms with van der Waals surface area (Å²) in [5.41, 5.74) is 0. The zero-order valence-corrected chi connectivity index (χ0v) is 12.9. The van der Waals surface area contributed by atoms with Crippen molar-refractivity contribution in [3.63, 3.8) is 0 Å². The Morgan fingerprint density at radius 1 is 1.50 bits per heavy atom. The van der Waals surface area contributed by atoms with E-state index in [1.54, 1.807) is 18.0 Å². The van der Waals surface area contributed by atoms with Gasteiger partial charge in [0.25, 0.3) is 0 Å². The van der Waals surface area contributed by atoms with Crippen LogP contribution in [-0.2, 0) is 20.9 Å². The average Bonchev–Trinajstić information content (AvgIpc) is 3.16. The fourth-order valence-electron chi connectivity index (χ4n) is 3.24. The van der Waals surface area contributed by atoms with Crippen LogP contribution in [0.25, 0.3) is 0 Å². The number of oxazole rings is 1. The molecule has 2 saturated heterocycles. The number of amides is 1. The molecule has 0 spiro atoms. The second kappa shape index (κ2) is 6.08. The number of carbonyl (C=O) groups is 2. The number of hydrogen-bond donors (Lipinski definition) is 0. The Kier molecular flexibility index (Phi) is 4.15. The largest absolute Gasteiger partial charge is 0.464 e. The molecule has 2 aliphatic heterocycles. The van der Waals surface area contributed by atoms with Crippen molar-refractivity contribution >= 4 is 11.9 Å². The molecule has 7 nitrogen and oxygen atoms in total. The number of aryl methyl sites for hydroxylation is 1. The van der Waals surface area contributed by atoms with Gasteiger partial charge in [0.05, 0.1) is 19.3 Å². The molecule has 2 atom stereocenters. The monoisotopic (exact) mass is 307 g/mol. The zero-order valence-electron chi connectivity index (χ0n) is 12.9. The van der Waals surface area contributed by atoms with E-state index in [1.165, 1.54) is 0 Å². The molecule has 0 aromatic carbocycles. The van der Waals surface area contributed by atoms with Gasteiger partial charge in [-0.05, 0) is 13.3 Å². The molecule has 120 valence electrons. The normalized spacial score (nSPS) is 25.5. The fraction of sp³-hybridized carbons (Fsp3) is 0.667. The first kappa shape index (κ1) is 15.0. The highest BCUT2D eigenvalue weighted by Gasteiger charge is 2.39. The smallest absolute Gasteiger partial charge is 0.323 e. The topological polar surface area (TPSA) is 75.9 Å². The molecule has 2 aliphatic rings. The Hall–Kier alpha value is -1.89. The second-order valence-electron chi connectivity index (χ2n) is 5.92. The van der Waals surface area contributed by atoms with Gasteiger partial charge >= 0.3 is 5.97 Å². The first-order valence-electron chi connectivity index (χ1n) is 7.64. The number of rotatable bonds is 4. The summed E-state index contributed by atoms with van der Waals surface area (Å²) in [6.45, 7) is 5.76. The van der Waals surface area contributed by atoms with Crippen molar-refractivity contribution in [3.8, 4) is 0 Å². The van der Waals surface area contributed by atoms with Gasteiger partial charge in [-0.3, -0.25) is 14.5 Å². The number of aromatic nitrogens is 1. The van der Waals surface area contributed by atoms with E-state index in [0.717, 1.165) is 25.1 Å². The van der Waals surface area contributed by atoms with Gasteiger partial charge in [0.15, 0.2) is 0 Å². The number of nitrogens with zero attached hydrogens (tertiary/aromatic N) is 3. The molecule has 0 saturated carbocycles. The third kappa shape index (κ3) is 2.99. The lowest BCUT2D eigenvalue weighted by Gasteiger charge is -2.27. The van der Waals surface area contributed by atoms with Crippen LogP contribution in [0.4, 0.5) is 0 Å². The Labute approximate surface area is 129 Å². The van der Waals surface area contributed by atoms with Gasteiger partial charge in [-0.15, -0.1) is 0 Å². The Morgan fingerprint density at radius 3 is 2.91 bits per heavy atom. The summed E-state index contributed by atoms with van der Waals surface area (Å²) in [6, 6.07) is -0.0686. The summed E-state index contributed by atoms with van der Waals surface area (Å²) in [7, 11) is 0. The molecule has 1 amide bonds. The van der Waals surface area contributed by atoms with Crippen molar-refractivity contribution in [1.82, 2.24) is 14.8 Å². The Bertz CT molecular complexity index is 571. The molecule has 2 fully saturated rings. The maximum absolute atomic E-state index is 12.0. The van der Waals surface area contributed by atoms with Crippen molar-refractivity contribution in [2.24, 2.45) is 0 Å². The van der Waals surface area contributed by atoms with E-state index in [-0.39, 0.29) is 24.0 Å². The highest BCUT2D eigenvalue weighted by Crippen LogP contribution is 2.24. The van der Waals surface area contributed by atoms with Crippen LogP contribution in [0.5, 0.6) is 0 Å². The van der Waals surface area contributed by atoms with Gasteiger partial charge in [0.2, 0.25) is 11.8 Å². The van der Waals surface area contributed by atoms with E-state index in [0.29, 0.717) is 25.6 Å². The highest BCUT2D eigenvalue weighted by atomic mass is 16.5. The second-order valence-corrected chi connectivity index (χ2v) is 5.92. The van der Waals surface area contributed by atoms with Crippen molar-refractivity contribution < 1.29 is 18.7 Å². The zero-order chi connectivity index (χ0) is 15.7. The first-order chi connectivity index (χ1) is 10.5. The minimum atomic E-state index is -0.150. The van der Waals surface area contributed by atoms with E-state index in [9.17, 15) is 9.59 Å². The molecule has 1 aromatic heterocycles. The van der Waals surface area contributed by atoms with Crippen LogP contribution < -0.4 is 0 Å². The number of likely N-dealkylation sites (tertiary alicyclic amines) is 1. The SMILES string of the molecule is CC(=O)N(Cc1ncc(C)o1)[C@H]1CCN([C@@H]2CCOC2=O)C1. The number of esters is 1. The van der Waals surface area contributed by atoms with Crippen LogP contribution in [-0.4, -0.2) is 58.4 Å². The molecule has 3 rings (SSSR count). The van der Waals surface area contributed by atoms with E-state index in [4.69, 9.17) is 9.15 Å². The lowest BCUT2D eigenvalue weighted by atomic mass is 10.2. The predicted octanol–water partition coefficient (Wildman–Crippen LogP) is 0.721. The summed E-state index contributed by atoms with van der Waals surface area (Å²) in [6.07, 6.45) is 3.25. The van der Waals surface area contributed by atoms with Gasteiger partial charge < -0.3 is 14.1 Å². The number of cyclic esters (lactones) is 1. The third-order valence-electron chi connectivity index (χ3n) is 4.36. The average molecular weight is 307 g/mol. The van der Waals surface area contributed by atoms with E-state index < -0.39 is 0 Å². The molecule has 0 aliphatic carbocycles. The molecule has 0 bridgehead atoms. The van der Waals surface area contributed by atoms with E-state index in [2.05, 4.69) is 9.88 Å². The molecular weight excluding hydrogens is 286 g/mol. The van der Waals surface area contributed by atoms with Crippen molar-refractivity contribution in [3.05, 3.63) is 17.8 Å². The molecule has 0 N–H and O–H groups in total. The molecule has 22 heavy (non-hydrogen) atoms. The van der Waals surface area contributed by atoms with Crippen LogP contribution in [0.3, 0.4) is 0 Å². The summed E-state index contributed by atoms with van der Waals surface area (Å²) in [5, 5.41) is 0. The number of carbonyl (C=O) groups excluding carboxylic acids is 2. The van der Waals surface area contributed by atoms with Crippen LogP contribution >= 0.6 is 0 Å². The number of hydrogen-bond acceptors (Lipinski definition) is 6. The molecule has 0 radical (unpaired) electrons. The van der Waals surface area contributed by atoms with Crippen LogP contribution in [0.15, 0.2) is 10.6 Å². The maximum Gasteiger partial charge on any atom is 0.323 e.